The van der Waals surface area contributed by atoms with Gasteiger partial charge in [-0.3, -0.25) is 0 Å². The summed E-state index contributed by atoms with van der Waals surface area (Å²) < 4.78 is 12.2. The van der Waals surface area contributed by atoms with Gasteiger partial charge in [0.1, 0.15) is 11.9 Å². The molecule has 0 N–H and O–H groups in total. The summed E-state index contributed by atoms with van der Waals surface area (Å²) in [6, 6.07) is 11.3. The normalized spacial score (nSPS) is 16.3. The van der Waals surface area contributed by atoms with Crippen LogP contribution in [-0.2, 0) is 0 Å². The number of ether oxygens (including phenoxy) is 2. The van der Waals surface area contributed by atoms with Crippen molar-refractivity contribution in [1.29, 1.82) is 0 Å². The summed E-state index contributed by atoms with van der Waals surface area (Å²) >= 11 is 12.2. The van der Waals surface area contributed by atoms with E-state index in [4.69, 9.17) is 32.7 Å². The Hall–Kier alpha value is -1.42. The summed E-state index contributed by atoms with van der Waals surface area (Å²) in [6.45, 7) is 0.912. The van der Waals surface area contributed by atoms with Crippen LogP contribution in [0.1, 0.15) is 18.1 Å². The first-order valence-corrected chi connectivity index (χ1v) is 7.87. The monoisotopic (exact) mass is 337 g/mol. The Kier molecular flexibility index (Phi) is 4.48. The molecule has 0 aliphatic carbocycles. The van der Waals surface area contributed by atoms with E-state index in [-0.39, 0.29) is 6.10 Å². The SMILES string of the molecule is CN(C)CCC1Oc2cc(Cl)c(Cl)cc2Oc2ccccc21. The van der Waals surface area contributed by atoms with Gasteiger partial charge >= 0.3 is 0 Å². The number of halogens is 2. The fourth-order valence-electron chi connectivity index (χ4n) is 2.45. The lowest BCUT2D eigenvalue weighted by Gasteiger charge is -2.20. The van der Waals surface area contributed by atoms with E-state index in [1.54, 1.807) is 12.1 Å². The number of hydrogen-bond acceptors (Lipinski definition) is 3. The highest BCUT2D eigenvalue weighted by Crippen LogP contribution is 2.45. The third-order valence-electron chi connectivity index (χ3n) is 3.58. The summed E-state index contributed by atoms with van der Waals surface area (Å²) in [5.41, 5.74) is 1.03. The Morgan fingerprint density at radius 1 is 1.00 bits per heavy atom. The van der Waals surface area contributed by atoms with Gasteiger partial charge < -0.3 is 14.4 Å². The maximum atomic E-state index is 6.17. The van der Waals surface area contributed by atoms with Crippen LogP contribution in [0.2, 0.25) is 10.0 Å². The Morgan fingerprint density at radius 3 is 2.41 bits per heavy atom. The van der Waals surface area contributed by atoms with Crippen molar-refractivity contribution in [2.24, 2.45) is 0 Å². The molecule has 1 unspecified atom stereocenters. The molecule has 0 bridgehead atoms. The largest absolute Gasteiger partial charge is 0.482 e. The zero-order valence-electron chi connectivity index (χ0n) is 12.5. The number of rotatable bonds is 3. The van der Waals surface area contributed by atoms with Crippen molar-refractivity contribution in [3.63, 3.8) is 0 Å². The highest BCUT2D eigenvalue weighted by Gasteiger charge is 2.25. The molecule has 22 heavy (non-hydrogen) atoms. The van der Waals surface area contributed by atoms with Crippen LogP contribution in [0, 0.1) is 0 Å². The number of nitrogens with zero attached hydrogens (tertiary/aromatic N) is 1. The second-order valence-corrected chi connectivity index (χ2v) is 6.37. The Morgan fingerprint density at radius 2 is 1.68 bits per heavy atom. The third-order valence-corrected chi connectivity index (χ3v) is 4.30. The van der Waals surface area contributed by atoms with Gasteiger partial charge in [-0.2, -0.15) is 0 Å². The van der Waals surface area contributed by atoms with Gasteiger partial charge in [0, 0.05) is 30.7 Å². The summed E-state index contributed by atoms with van der Waals surface area (Å²) in [6.07, 6.45) is 0.768. The molecule has 3 nitrogen and oxygen atoms in total. The van der Waals surface area contributed by atoms with Crippen LogP contribution in [0.15, 0.2) is 36.4 Å². The highest BCUT2D eigenvalue weighted by molar-refractivity contribution is 6.42. The predicted octanol–water partition coefficient (Wildman–Crippen LogP) is 5.17. The van der Waals surface area contributed by atoms with Crippen molar-refractivity contribution in [1.82, 2.24) is 4.90 Å². The smallest absolute Gasteiger partial charge is 0.170 e. The molecule has 0 aromatic heterocycles. The molecule has 0 radical (unpaired) electrons. The van der Waals surface area contributed by atoms with E-state index in [1.807, 2.05) is 38.4 Å². The molecule has 3 rings (SSSR count). The minimum Gasteiger partial charge on any atom is -0.482 e. The van der Waals surface area contributed by atoms with E-state index in [0.29, 0.717) is 21.5 Å². The van der Waals surface area contributed by atoms with Gasteiger partial charge in [-0.05, 0) is 20.2 Å². The van der Waals surface area contributed by atoms with Crippen molar-refractivity contribution in [2.45, 2.75) is 12.5 Å². The van der Waals surface area contributed by atoms with E-state index < -0.39 is 0 Å². The van der Waals surface area contributed by atoms with Crippen LogP contribution in [-0.4, -0.2) is 25.5 Å². The van der Waals surface area contributed by atoms with Crippen LogP contribution >= 0.6 is 23.2 Å². The Labute approximate surface area is 140 Å². The van der Waals surface area contributed by atoms with Crippen molar-refractivity contribution in [2.75, 3.05) is 20.6 Å². The van der Waals surface area contributed by atoms with Gasteiger partial charge in [0.25, 0.3) is 0 Å². The summed E-state index contributed by atoms with van der Waals surface area (Å²) in [5.74, 6) is 2.01. The summed E-state index contributed by atoms with van der Waals surface area (Å²) in [5, 5.41) is 0.912. The standard InChI is InChI=1S/C17H17Cl2NO2/c1-20(2)8-7-15-11-5-3-4-6-14(11)21-16-9-12(18)13(19)10-17(16)22-15/h3-6,9-10,15H,7-8H2,1-2H3. The molecule has 1 aliphatic heterocycles. The van der Waals surface area contributed by atoms with Gasteiger partial charge in [-0.25, -0.2) is 0 Å². The minimum atomic E-state index is -0.0860. The van der Waals surface area contributed by atoms with Gasteiger partial charge in [0.15, 0.2) is 11.5 Å². The predicted molar refractivity (Wildman–Crippen MR) is 89.5 cm³/mol. The van der Waals surface area contributed by atoms with Crippen LogP contribution < -0.4 is 9.47 Å². The molecule has 0 saturated heterocycles. The maximum Gasteiger partial charge on any atom is 0.170 e. The summed E-state index contributed by atoms with van der Waals surface area (Å²) in [4.78, 5) is 2.13. The average Bonchev–Trinajstić information content (AvgIpc) is 2.62. The molecular formula is C17H17Cl2NO2. The van der Waals surface area contributed by atoms with Crippen LogP contribution in [0.4, 0.5) is 0 Å². The van der Waals surface area contributed by atoms with Crippen LogP contribution in [0.5, 0.6) is 17.2 Å². The first kappa shape index (κ1) is 15.5. The second-order valence-electron chi connectivity index (χ2n) is 5.55. The third kappa shape index (κ3) is 3.17. The molecular weight excluding hydrogens is 321 g/mol. The van der Waals surface area contributed by atoms with Crippen molar-refractivity contribution in [3.8, 4) is 17.2 Å². The minimum absolute atomic E-state index is 0.0860. The molecule has 1 aliphatic rings. The van der Waals surface area contributed by atoms with Crippen molar-refractivity contribution >= 4 is 23.2 Å². The first-order valence-electron chi connectivity index (χ1n) is 7.12. The fraction of sp³-hybridized carbons (Fsp3) is 0.294. The number of hydrogen-bond donors (Lipinski definition) is 0. The van der Waals surface area contributed by atoms with E-state index >= 15 is 0 Å². The van der Waals surface area contributed by atoms with E-state index in [1.165, 1.54) is 0 Å². The van der Waals surface area contributed by atoms with E-state index in [9.17, 15) is 0 Å². The van der Waals surface area contributed by atoms with E-state index in [2.05, 4.69) is 4.90 Å². The van der Waals surface area contributed by atoms with Gasteiger partial charge in [-0.15, -0.1) is 0 Å². The zero-order valence-corrected chi connectivity index (χ0v) is 14.0. The fourth-order valence-corrected chi connectivity index (χ4v) is 2.75. The molecule has 0 spiro atoms. The molecule has 116 valence electrons. The molecule has 0 fully saturated rings. The Bertz CT molecular complexity index is 688. The number of fused-ring (bicyclic) bond motifs is 2. The number of benzene rings is 2. The molecule has 1 atom stereocenters. The van der Waals surface area contributed by atoms with Crippen LogP contribution in [0.3, 0.4) is 0 Å². The van der Waals surface area contributed by atoms with Crippen LogP contribution in [0.25, 0.3) is 0 Å². The zero-order chi connectivity index (χ0) is 15.7. The lowest BCUT2D eigenvalue weighted by Crippen LogP contribution is -2.18. The quantitative estimate of drug-likeness (QED) is 0.770. The average molecular weight is 338 g/mol. The topological polar surface area (TPSA) is 21.7 Å². The second kappa shape index (κ2) is 6.37. The Balaban J connectivity index is 2.02. The van der Waals surface area contributed by atoms with Gasteiger partial charge in [0.05, 0.1) is 10.0 Å². The van der Waals surface area contributed by atoms with Crippen molar-refractivity contribution < 1.29 is 9.47 Å². The molecule has 0 saturated carbocycles. The lowest BCUT2D eigenvalue weighted by molar-refractivity contribution is 0.181. The molecule has 2 aromatic carbocycles. The molecule has 0 amide bonds. The first-order chi connectivity index (χ1) is 10.5. The highest BCUT2D eigenvalue weighted by atomic mass is 35.5. The maximum absolute atomic E-state index is 6.17. The van der Waals surface area contributed by atoms with Gasteiger partial charge in [0.2, 0.25) is 0 Å². The molecule has 1 heterocycles. The molecule has 5 heteroatoms. The molecule has 2 aromatic rings. The lowest BCUT2D eigenvalue weighted by atomic mass is 10.1. The van der Waals surface area contributed by atoms with Crippen molar-refractivity contribution in [3.05, 3.63) is 52.0 Å². The van der Waals surface area contributed by atoms with Gasteiger partial charge in [-0.1, -0.05) is 41.4 Å². The summed E-state index contributed by atoms with van der Waals surface area (Å²) in [7, 11) is 4.09. The number of para-hydroxylation sites is 1. The van der Waals surface area contributed by atoms with E-state index in [0.717, 1.165) is 24.3 Å².